The van der Waals surface area contributed by atoms with Crippen molar-refractivity contribution >= 4 is 39.8 Å². The van der Waals surface area contributed by atoms with Gasteiger partial charge in [-0.1, -0.05) is 0 Å². The molecule has 26 heavy (non-hydrogen) atoms. The summed E-state index contributed by atoms with van der Waals surface area (Å²) < 4.78 is 25.5. The van der Waals surface area contributed by atoms with Crippen LogP contribution in [0.25, 0.3) is 0 Å². The van der Waals surface area contributed by atoms with E-state index in [0.29, 0.717) is 19.0 Å². The molecule has 0 aliphatic carbocycles. The first-order valence-corrected chi connectivity index (χ1v) is 10.5. The molecule has 0 unspecified atom stereocenters. The fraction of sp³-hybridized carbons (Fsp3) is 0.765. The van der Waals surface area contributed by atoms with E-state index >= 15 is 0 Å². The number of rotatable bonds is 8. The molecule has 0 aromatic carbocycles. The molecule has 1 aromatic heterocycles. The van der Waals surface area contributed by atoms with E-state index in [1.807, 2.05) is 25.5 Å². The van der Waals surface area contributed by atoms with Gasteiger partial charge in [0.05, 0.1) is 16.2 Å². The van der Waals surface area contributed by atoms with Gasteiger partial charge in [-0.15, -0.1) is 24.0 Å². The van der Waals surface area contributed by atoms with Crippen molar-refractivity contribution in [3.05, 3.63) is 17.5 Å². The molecule has 0 atom stereocenters. The average Bonchev–Trinajstić information content (AvgIpc) is 2.80. The van der Waals surface area contributed by atoms with Crippen LogP contribution in [0.4, 0.5) is 0 Å². The number of sulfone groups is 1. The molecule has 0 aliphatic rings. The molecular formula is C17H34IN5O2S. The molecule has 1 aromatic rings. The van der Waals surface area contributed by atoms with Crippen molar-refractivity contribution in [3.63, 3.8) is 0 Å². The molecule has 0 saturated carbocycles. The lowest BCUT2D eigenvalue weighted by atomic mass is 10.3. The Labute approximate surface area is 175 Å². The van der Waals surface area contributed by atoms with Crippen LogP contribution < -0.4 is 10.6 Å². The summed E-state index contributed by atoms with van der Waals surface area (Å²) in [4.78, 5) is 4.51. The second-order valence-corrected chi connectivity index (χ2v) is 9.98. The SMILES string of the molecule is CCNC(=NCCCn1nc(C)cc1C)NCCS(=O)(=O)C(C)(C)C.I. The van der Waals surface area contributed by atoms with E-state index in [1.165, 1.54) is 0 Å². The first kappa shape index (κ1) is 25.2. The summed E-state index contributed by atoms with van der Waals surface area (Å²) in [5, 5.41) is 10.7. The molecule has 1 rings (SSSR count). The Morgan fingerprint density at radius 2 is 1.92 bits per heavy atom. The molecule has 0 radical (unpaired) electrons. The minimum absolute atomic E-state index is 0. The summed E-state index contributed by atoms with van der Waals surface area (Å²) in [6.45, 7) is 13.7. The molecule has 2 N–H and O–H groups in total. The number of halogens is 1. The zero-order valence-electron chi connectivity index (χ0n) is 16.8. The fourth-order valence-corrected chi connectivity index (χ4v) is 3.25. The molecule has 152 valence electrons. The maximum absolute atomic E-state index is 12.1. The lowest BCUT2D eigenvalue weighted by Crippen LogP contribution is -2.41. The van der Waals surface area contributed by atoms with Crippen molar-refractivity contribution in [1.29, 1.82) is 0 Å². The minimum atomic E-state index is -3.13. The smallest absolute Gasteiger partial charge is 0.191 e. The van der Waals surface area contributed by atoms with Crippen molar-refractivity contribution < 1.29 is 8.42 Å². The molecule has 9 heteroatoms. The van der Waals surface area contributed by atoms with Crippen molar-refractivity contribution in [2.45, 2.75) is 59.3 Å². The number of aliphatic imine (C=N–C) groups is 1. The predicted octanol–water partition coefficient (Wildman–Crippen LogP) is 2.28. The lowest BCUT2D eigenvalue weighted by molar-refractivity contribution is 0.558. The number of aryl methyl sites for hydroxylation is 3. The van der Waals surface area contributed by atoms with Crippen LogP contribution in [0.2, 0.25) is 0 Å². The molecule has 7 nitrogen and oxygen atoms in total. The van der Waals surface area contributed by atoms with Crippen LogP contribution >= 0.6 is 24.0 Å². The molecular weight excluding hydrogens is 465 g/mol. The average molecular weight is 499 g/mol. The van der Waals surface area contributed by atoms with E-state index in [4.69, 9.17) is 0 Å². The Morgan fingerprint density at radius 1 is 1.27 bits per heavy atom. The van der Waals surface area contributed by atoms with E-state index in [0.717, 1.165) is 30.9 Å². The van der Waals surface area contributed by atoms with Gasteiger partial charge in [0.1, 0.15) is 0 Å². The van der Waals surface area contributed by atoms with Crippen LogP contribution in [-0.2, 0) is 16.4 Å². The van der Waals surface area contributed by atoms with Crippen LogP contribution in [0, 0.1) is 13.8 Å². The zero-order valence-corrected chi connectivity index (χ0v) is 19.9. The van der Waals surface area contributed by atoms with Crippen molar-refractivity contribution in [2.75, 3.05) is 25.4 Å². The number of guanidine groups is 1. The first-order chi connectivity index (χ1) is 11.6. The van der Waals surface area contributed by atoms with Crippen LogP contribution in [0.15, 0.2) is 11.1 Å². The number of nitrogens with one attached hydrogen (secondary N) is 2. The largest absolute Gasteiger partial charge is 0.357 e. The normalized spacial score (nSPS) is 12.6. The number of nitrogens with zero attached hydrogens (tertiary/aromatic N) is 3. The summed E-state index contributed by atoms with van der Waals surface area (Å²) in [5.41, 5.74) is 2.18. The third-order valence-corrected chi connectivity index (χ3v) is 6.45. The molecule has 0 amide bonds. The highest BCUT2D eigenvalue weighted by molar-refractivity contribution is 14.0. The molecule has 0 spiro atoms. The Hall–Kier alpha value is -0.840. The van der Waals surface area contributed by atoms with Gasteiger partial charge in [-0.3, -0.25) is 9.67 Å². The monoisotopic (exact) mass is 499 g/mol. The fourth-order valence-electron chi connectivity index (χ4n) is 2.26. The van der Waals surface area contributed by atoms with Gasteiger partial charge in [0.15, 0.2) is 15.8 Å². The van der Waals surface area contributed by atoms with Crippen LogP contribution in [0.5, 0.6) is 0 Å². The van der Waals surface area contributed by atoms with Gasteiger partial charge in [-0.05, 0) is 54.0 Å². The standard InChI is InChI=1S/C17H33N5O2S.HI/c1-7-18-16(20-10-12-25(23,24)17(4,5)6)19-9-8-11-22-15(3)13-14(2)21-22;/h13H,7-12H2,1-6H3,(H2,18,19,20);1H. The summed E-state index contributed by atoms with van der Waals surface area (Å²) >= 11 is 0. The van der Waals surface area contributed by atoms with Gasteiger partial charge in [-0.2, -0.15) is 5.10 Å². The van der Waals surface area contributed by atoms with Gasteiger partial charge < -0.3 is 10.6 Å². The van der Waals surface area contributed by atoms with E-state index in [-0.39, 0.29) is 29.7 Å². The third kappa shape index (κ3) is 8.24. The van der Waals surface area contributed by atoms with Crippen molar-refractivity contribution in [2.24, 2.45) is 4.99 Å². The lowest BCUT2D eigenvalue weighted by Gasteiger charge is -2.19. The highest BCUT2D eigenvalue weighted by Gasteiger charge is 2.28. The van der Waals surface area contributed by atoms with Gasteiger partial charge >= 0.3 is 0 Å². The van der Waals surface area contributed by atoms with Crippen LogP contribution in [0.3, 0.4) is 0 Å². The summed E-state index contributed by atoms with van der Waals surface area (Å²) in [5.74, 6) is 0.743. The highest BCUT2D eigenvalue weighted by Crippen LogP contribution is 2.15. The summed E-state index contributed by atoms with van der Waals surface area (Å²) in [7, 11) is -3.13. The van der Waals surface area contributed by atoms with Crippen LogP contribution in [0.1, 0.15) is 45.5 Å². The maximum atomic E-state index is 12.1. The molecule has 0 aliphatic heterocycles. The summed E-state index contributed by atoms with van der Waals surface area (Å²) in [6, 6.07) is 2.06. The van der Waals surface area contributed by atoms with Gasteiger partial charge in [-0.25, -0.2) is 8.42 Å². The Balaban J connectivity index is 0.00000625. The Morgan fingerprint density at radius 3 is 2.42 bits per heavy atom. The van der Waals surface area contributed by atoms with Crippen LogP contribution in [-0.4, -0.2) is 54.3 Å². The highest BCUT2D eigenvalue weighted by atomic mass is 127. The molecule has 0 fully saturated rings. The zero-order chi connectivity index (χ0) is 19.1. The second-order valence-electron chi connectivity index (χ2n) is 7.12. The van der Waals surface area contributed by atoms with E-state index in [1.54, 1.807) is 20.8 Å². The van der Waals surface area contributed by atoms with Gasteiger partial charge in [0.2, 0.25) is 0 Å². The van der Waals surface area contributed by atoms with E-state index in [9.17, 15) is 8.42 Å². The van der Waals surface area contributed by atoms with Gasteiger partial charge in [0, 0.05) is 31.9 Å². The summed E-state index contributed by atoms with van der Waals surface area (Å²) in [6.07, 6.45) is 0.874. The molecule has 1 heterocycles. The topological polar surface area (TPSA) is 88.4 Å². The molecule has 0 saturated heterocycles. The predicted molar refractivity (Wildman–Crippen MR) is 119 cm³/mol. The second kappa shape index (κ2) is 11.1. The third-order valence-electron chi connectivity index (χ3n) is 3.84. The minimum Gasteiger partial charge on any atom is -0.357 e. The quantitative estimate of drug-likeness (QED) is 0.248. The number of aromatic nitrogens is 2. The van der Waals surface area contributed by atoms with E-state index in [2.05, 4.69) is 26.8 Å². The van der Waals surface area contributed by atoms with E-state index < -0.39 is 14.6 Å². The first-order valence-electron chi connectivity index (χ1n) is 8.82. The Kier molecular flexibility index (Phi) is 10.7. The van der Waals surface area contributed by atoms with Gasteiger partial charge in [0.25, 0.3) is 0 Å². The molecule has 0 bridgehead atoms. The van der Waals surface area contributed by atoms with Crippen molar-refractivity contribution in [1.82, 2.24) is 20.4 Å². The maximum Gasteiger partial charge on any atom is 0.191 e. The Bertz CT molecular complexity index is 678. The van der Waals surface area contributed by atoms with Crippen molar-refractivity contribution in [3.8, 4) is 0 Å². The number of hydrogen-bond acceptors (Lipinski definition) is 4. The number of hydrogen-bond donors (Lipinski definition) is 2.